The van der Waals surface area contributed by atoms with E-state index >= 15 is 0 Å². The van der Waals surface area contributed by atoms with E-state index in [1.54, 1.807) is 12.3 Å². The normalized spacial score (nSPS) is 16.8. The number of nitrogens with zero attached hydrogens (tertiary/aromatic N) is 1. The lowest BCUT2D eigenvalue weighted by atomic mass is 10.7. The highest BCUT2D eigenvalue weighted by Gasteiger charge is 1.84. The maximum absolute atomic E-state index is 5.21. The molecule has 1 aliphatic heterocycles. The third-order valence-electron chi connectivity index (χ3n) is 0.657. The number of nitrogens with two attached hydrogens (primary N) is 1. The van der Waals surface area contributed by atoms with E-state index in [0.717, 1.165) is 0 Å². The van der Waals surface area contributed by atoms with Gasteiger partial charge in [-0.1, -0.05) is 0 Å². The molecule has 0 bridgehead atoms. The monoisotopic (exact) mass is 110 g/mol. The molecule has 0 saturated carbocycles. The Morgan fingerprint density at radius 3 is 3.38 bits per heavy atom. The Balaban J connectivity index is 2.69. The summed E-state index contributed by atoms with van der Waals surface area (Å²) in [6.45, 7) is 0. The molecular formula is C5H6N2O. The lowest BCUT2D eigenvalue weighted by Gasteiger charge is -1.91. The summed E-state index contributed by atoms with van der Waals surface area (Å²) in [4.78, 5) is 3.73. The molecule has 0 unspecified atom stereocenters. The van der Waals surface area contributed by atoms with Crippen molar-refractivity contribution in [3.63, 3.8) is 0 Å². The smallest absolute Gasteiger partial charge is 0.208 e. The lowest BCUT2D eigenvalue weighted by molar-refractivity contribution is 0.346. The van der Waals surface area contributed by atoms with Gasteiger partial charge in [-0.3, -0.25) is 4.99 Å². The largest absolute Gasteiger partial charge is 0.448 e. The standard InChI is InChI=1S/C5H6N2O/c6-5-4-7-2-1-3-8-5/h1-4H,6H2. The first kappa shape index (κ1) is 4.90. The molecule has 0 aliphatic carbocycles. The first-order valence-electron chi connectivity index (χ1n) is 2.20. The Labute approximate surface area is 47.2 Å². The molecule has 0 aromatic heterocycles. The first-order chi connectivity index (χ1) is 3.89. The zero-order chi connectivity index (χ0) is 5.82. The minimum absolute atomic E-state index is 0.315. The van der Waals surface area contributed by atoms with Crippen molar-refractivity contribution in [1.29, 1.82) is 0 Å². The Morgan fingerprint density at radius 2 is 2.50 bits per heavy atom. The van der Waals surface area contributed by atoms with Crippen LogP contribution in [0.1, 0.15) is 0 Å². The zero-order valence-corrected chi connectivity index (χ0v) is 4.24. The van der Waals surface area contributed by atoms with Crippen LogP contribution in [-0.2, 0) is 4.74 Å². The van der Waals surface area contributed by atoms with Gasteiger partial charge in [-0.2, -0.15) is 0 Å². The average molecular weight is 110 g/mol. The van der Waals surface area contributed by atoms with E-state index < -0.39 is 0 Å². The number of hydrogen-bond acceptors (Lipinski definition) is 3. The minimum atomic E-state index is 0.315. The van der Waals surface area contributed by atoms with E-state index in [9.17, 15) is 0 Å². The highest BCUT2D eigenvalue weighted by atomic mass is 16.5. The fourth-order valence-electron chi connectivity index (χ4n) is 0.350. The molecule has 0 amide bonds. The summed E-state index contributed by atoms with van der Waals surface area (Å²) in [6.07, 6.45) is 6.18. The molecule has 0 aromatic rings. The number of allylic oxidation sites excluding steroid dienone is 1. The van der Waals surface area contributed by atoms with Gasteiger partial charge in [0.2, 0.25) is 5.88 Å². The van der Waals surface area contributed by atoms with E-state index in [0.29, 0.717) is 5.88 Å². The summed E-state index contributed by atoms with van der Waals surface area (Å²) >= 11 is 0. The van der Waals surface area contributed by atoms with Crippen molar-refractivity contribution in [3.8, 4) is 0 Å². The third kappa shape index (κ3) is 1.11. The molecule has 1 heterocycles. The molecule has 2 N–H and O–H groups in total. The van der Waals surface area contributed by atoms with Crippen molar-refractivity contribution < 1.29 is 4.74 Å². The second kappa shape index (κ2) is 2.16. The predicted octanol–water partition coefficient (Wildman–Crippen LogP) is 0.359. The fraction of sp³-hybridized carbons (Fsp3) is 0. The number of rotatable bonds is 0. The van der Waals surface area contributed by atoms with Crippen LogP contribution in [0.25, 0.3) is 0 Å². The van der Waals surface area contributed by atoms with Crippen LogP contribution in [-0.4, -0.2) is 6.21 Å². The molecule has 3 heteroatoms. The van der Waals surface area contributed by atoms with E-state index in [1.165, 1.54) is 12.5 Å². The molecule has 8 heavy (non-hydrogen) atoms. The molecule has 1 aliphatic rings. The SMILES string of the molecule is NC1=CN=CC=CO1. The van der Waals surface area contributed by atoms with Crippen LogP contribution in [0.15, 0.2) is 29.4 Å². The van der Waals surface area contributed by atoms with Gasteiger partial charge in [0.1, 0.15) is 0 Å². The average Bonchev–Trinajstić information content (AvgIpc) is 1.94. The van der Waals surface area contributed by atoms with E-state index in [2.05, 4.69) is 4.99 Å². The van der Waals surface area contributed by atoms with Crippen molar-refractivity contribution in [2.45, 2.75) is 0 Å². The Kier molecular flexibility index (Phi) is 1.32. The quantitative estimate of drug-likeness (QED) is 0.489. The van der Waals surface area contributed by atoms with Crippen LogP contribution in [0.2, 0.25) is 0 Å². The summed E-state index contributed by atoms with van der Waals surface area (Å²) in [6, 6.07) is 0. The summed E-state index contributed by atoms with van der Waals surface area (Å²) < 4.78 is 4.74. The lowest BCUT2D eigenvalue weighted by Crippen LogP contribution is -1.95. The van der Waals surface area contributed by atoms with Crippen molar-refractivity contribution >= 4 is 6.21 Å². The molecule has 0 saturated heterocycles. The molecule has 42 valence electrons. The third-order valence-corrected chi connectivity index (χ3v) is 0.657. The highest BCUT2D eigenvalue weighted by Crippen LogP contribution is 1.91. The summed E-state index contributed by atoms with van der Waals surface area (Å²) in [5, 5.41) is 0. The molecule has 0 atom stereocenters. The van der Waals surface area contributed by atoms with Gasteiger partial charge in [-0.15, -0.1) is 0 Å². The second-order valence-electron chi connectivity index (χ2n) is 1.28. The van der Waals surface area contributed by atoms with Crippen LogP contribution in [0.3, 0.4) is 0 Å². The van der Waals surface area contributed by atoms with Crippen LogP contribution >= 0.6 is 0 Å². The molecule has 0 fully saturated rings. The van der Waals surface area contributed by atoms with Gasteiger partial charge in [0, 0.05) is 6.21 Å². The van der Waals surface area contributed by atoms with E-state index in [1.807, 2.05) is 0 Å². The van der Waals surface area contributed by atoms with Gasteiger partial charge in [0.15, 0.2) is 0 Å². The summed E-state index contributed by atoms with van der Waals surface area (Å²) in [7, 11) is 0. The van der Waals surface area contributed by atoms with E-state index in [-0.39, 0.29) is 0 Å². The predicted molar refractivity (Wildman–Crippen MR) is 31.0 cm³/mol. The number of hydrogen-bond donors (Lipinski definition) is 1. The Morgan fingerprint density at radius 1 is 1.62 bits per heavy atom. The molecule has 3 nitrogen and oxygen atoms in total. The number of ether oxygens (including phenoxy) is 1. The molecular weight excluding hydrogens is 104 g/mol. The van der Waals surface area contributed by atoms with Crippen LogP contribution in [0.5, 0.6) is 0 Å². The van der Waals surface area contributed by atoms with E-state index in [4.69, 9.17) is 10.5 Å². The molecule has 0 aromatic carbocycles. The minimum Gasteiger partial charge on any atom is -0.448 e. The van der Waals surface area contributed by atoms with Crippen LogP contribution in [0, 0.1) is 0 Å². The maximum Gasteiger partial charge on any atom is 0.208 e. The zero-order valence-electron chi connectivity index (χ0n) is 4.24. The summed E-state index contributed by atoms with van der Waals surface area (Å²) in [5.41, 5.74) is 5.21. The number of aliphatic imine (C=N–C) groups is 1. The van der Waals surface area contributed by atoms with Crippen LogP contribution < -0.4 is 5.73 Å². The summed E-state index contributed by atoms with van der Waals surface area (Å²) in [5.74, 6) is 0.315. The topological polar surface area (TPSA) is 47.6 Å². The maximum atomic E-state index is 5.21. The Hall–Kier alpha value is -1.25. The van der Waals surface area contributed by atoms with Crippen LogP contribution in [0.4, 0.5) is 0 Å². The molecule has 0 spiro atoms. The van der Waals surface area contributed by atoms with Crippen molar-refractivity contribution in [2.24, 2.45) is 10.7 Å². The van der Waals surface area contributed by atoms with Gasteiger partial charge in [-0.25, -0.2) is 0 Å². The van der Waals surface area contributed by atoms with Crippen molar-refractivity contribution in [3.05, 3.63) is 24.4 Å². The first-order valence-corrected chi connectivity index (χ1v) is 2.20. The highest BCUT2D eigenvalue weighted by molar-refractivity contribution is 5.71. The van der Waals surface area contributed by atoms with Crippen molar-refractivity contribution in [2.75, 3.05) is 0 Å². The van der Waals surface area contributed by atoms with Gasteiger partial charge in [0.05, 0.1) is 12.5 Å². The second-order valence-corrected chi connectivity index (χ2v) is 1.28. The van der Waals surface area contributed by atoms with Gasteiger partial charge < -0.3 is 10.5 Å². The molecule has 1 rings (SSSR count). The van der Waals surface area contributed by atoms with Gasteiger partial charge in [-0.05, 0) is 6.08 Å². The van der Waals surface area contributed by atoms with Gasteiger partial charge in [0.25, 0.3) is 0 Å². The van der Waals surface area contributed by atoms with Crippen molar-refractivity contribution in [1.82, 2.24) is 0 Å². The molecule has 0 radical (unpaired) electrons. The van der Waals surface area contributed by atoms with Gasteiger partial charge >= 0.3 is 0 Å². The Bertz CT molecular complexity index is 158. The fourth-order valence-corrected chi connectivity index (χ4v) is 0.350.